The summed E-state index contributed by atoms with van der Waals surface area (Å²) in [7, 11) is 0. The number of fused-ring (bicyclic) bond motifs is 1. The van der Waals surface area contributed by atoms with Crippen LogP contribution >= 0.6 is 0 Å². The number of benzene rings is 2. The summed E-state index contributed by atoms with van der Waals surface area (Å²) in [6, 6.07) is 13.2. The first-order valence-electron chi connectivity index (χ1n) is 7.05. The molecule has 0 bridgehead atoms. The van der Waals surface area contributed by atoms with Crippen LogP contribution in [0.2, 0.25) is 0 Å². The normalized spacial score (nSPS) is 12.3. The molecule has 110 valence electrons. The van der Waals surface area contributed by atoms with Gasteiger partial charge in [0.05, 0.1) is 0 Å². The number of hydrogen-bond donors (Lipinski definition) is 2. The molecule has 0 aliphatic heterocycles. The lowest BCUT2D eigenvalue weighted by molar-refractivity contribution is -0.129. The van der Waals surface area contributed by atoms with Crippen molar-refractivity contribution in [1.29, 1.82) is 0 Å². The van der Waals surface area contributed by atoms with E-state index in [2.05, 4.69) is 5.32 Å². The zero-order valence-electron chi connectivity index (χ0n) is 12.3. The Morgan fingerprint density at radius 2 is 1.76 bits per heavy atom. The lowest BCUT2D eigenvalue weighted by atomic mass is 9.98. The summed E-state index contributed by atoms with van der Waals surface area (Å²) in [6.07, 6.45) is 0.398. The highest BCUT2D eigenvalue weighted by Crippen LogP contribution is 2.19. The van der Waals surface area contributed by atoms with Crippen molar-refractivity contribution in [3.63, 3.8) is 0 Å². The summed E-state index contributed by atoms with van der Waals surface area (Å²) in [4.78, 5) is 23.4. The maximum absolute atomic E-state index is 11.8. The Hall–Kier alpha value is -2.36. The third kappa shape index (κ3) is 3.60. The topological polar surface area (TPSA) is 72.2 Å². The van der Waals surface area contributed by atoms with E-state index in [0.29, 0.717) is 6.42 Å². The van der Waals surface area contributed by atoms with E-state index < -0.39 is 11.9 Å². The molecule has 0 spiro atoms. The van der Waals surface area contributed by atoms with E-state index in [1.54, 1.807) is 13.8 Å². The molecule has 0 heterocycles. The van der Waals surface area contributed by atoms with Crippen LogP contribution in [-0.4, -0.2) is 17.9 Å². The van der Waals surface area contributed by atoms with Gasteiger partial charge in [0, 0.05) is 12.3 Å². The van der Waals surface area contributed by atoms with Crippen molar-refractivity contribution in [2.75, 3.05) is 0 Å². The third-order valence-corrected chi connectivity index (χ3v) is 3.49. The minimum Gasteiger partial charge on any atom is -0.368 e. The molecule has 0 aromatic heterocycles. The summed E-state index contributed by atoms with van der Waals surface area (Å²) < 4.78 is 0. The number of hydrogen-bond acceptors (Lipinski definition) is 2. The van der Waals surface area contributed by atoms with Crippen molar-refractivity contribution in [2.45, 2.75) is 26.3 Å². The fourth-order valence-electron chi connectivity index (χ4n) is 2.25. The summed E-state index contributed by atoms with van der Waals surface area (Å²) in [5.41, 5.74) is 6.42. The molecule has 4 heteroatoms. The largest absolute Gasteiger partial charge is 0.368 e. The lowest BCUT2D eigenvalue weighted by Crippen LogP contribution is -2.47. The van der Waals surface area contributed by atoms with Gasteiger partial charge in [-0.15, -0.1) is 0 Å². The van der Waals surface area contributed by atoms with Gasteiger partial charge in [0.25, 0.3) is 0 Å². The minimum atomic E-state index is -0.689. The van der Waals surface area contributed by atoms with Crippen molar-refractivity contribution < 1.29 is 9.59 Å². The molecule has 0 saturated heterocycles. The Kier molecular flexibility index (Phi) is 4.58. The molecule has 2 aromatic rings. The number of nitrogens with one attached hydrogen (secondary N) is 1. The molecule has 0 unspecified atom stereocenters. The number of amides is 2. The molecule has 0 aliphatic carbocycles. The second-order valence-electron chi connectivity index (χ2n) is 5.46. The quantitative estimate of drug-likeness (QED) is 0.881. The van der Waals surface area contributed by atoms with Gasteiger partial charge in [0.2, 0.25) is 11.8 Å². The summed E-state index contributed by atoms with van der Waals surface area (Å²) in [5.74, 6) is -0.865. The van der Waals surface area contributed by atoms with Crippen molar-refractivity contribution in [2.24, 2.45) is 11.7 Å². The summed E-state index contributed by atoms with van der Waals surface area (Å²) in [6.45, 7) is 3.57. The number of rotatable bonds is 5. The molecule has 2 rings (SSSR count). The van der Waals surface area contributed by atoms with Crippen molar-refractivity contribution in [1.82, 2.24) is 5.32 Å². The highest BCUT2D eigenvalue weighted by molar-refractivity contribution is 5.89. The number of primary amides is 1. The van der Waals surface area contributed by atoms with Crippen molar-refractivity contribution in [3.8, 4) is 0 Å². The van der Waals surface area contributed by atoms with Crippen LogP contribution in [-0.2, 0) is 16.0 Å². The lowest BCUT2D eigenvalue weighted by Gasteiger charge is -2.18. The third-order valence-electron chi connectivity index (χ3n) is 3.49. The SMILES string of the molecule is CC(C)C(=O)N[C@@H](Cc1cccc2ccccc12)C(N)=O. The second kappa shape index (κ2) is 6.39. The average Bonchev–Trinajstić information content (AvgIpc) is 2.46. The smallest absolute Gasteiger partial charge is 0.240 e. The number of carbonyl (C=O) groups is 2. The molecule has 0 fully saturated rings. The van der Waals surface area contributed by atoms with E-state index in [1.807, 2.05) is 42.5 Å². The van der Waals surface area contributed by atoms with Gasteiger partial charge in [0.15, 0.2) is 0 Å². The molecule has 1 atom stereocenters. The monoisotopic (exact) mass is 284 g/mol. The van der Waals surface area contributed by atoms with Gasteiger partial charge in [-0.3, -0.25) is 9.59 Å². The van der Waals surface area contributed by atoms with Crippen LogP contribution in [0.3, 0.4) is 0 Å². The van der Waals surface area contributed by atoms with E-state index in [9.17, 15) is 9.59 Å². The predicted molar refractivity (Wildman–Crippen MR) is 83.6 cm³/mol. The number of nitrogens with two attached hydrogens (primary N) is 1. The Labute approximate surface area is 124 Å². The van der Waals surface area contributed by atoms with Crippen molar-refractivity contribution >= 4 is 22.6 Å². The second-order valence-corrected chi connectivity index (χ2v) is 5.46. The Morgan fingerprint density at radius 3 is 2.43 bits per heavy atom. The van der Waals surface area contributed by atoms with Crippen LogP contribution in [0.4, 0.5) is 0 Å². The van der Waals surface area contributed by atoms with Crippen LogP contribution in [0.15, 0.2) is 42.5 Å². The Bertz CT molecular complexity index is 659. The molecular weight excluding hydrogens is 264 g/mol. The van der Waals surface area contributed by atoms with Crippen molar-refractivity contribution in [3.05, 3.63) is 48.0 Å². The molecule has 2 amide bonds. The first-order valence-corrected chi connectivity index (χ1v) is 7.05. The van der Waals surface area contributed by atoms with Gasteiger partial charge in [0.1, 0.15) is 6.04 Å². The van der Waals surface area contributed by atoms with Crippen LogP contribution in [0.25, 0.3) is 10.8 Å². The van der Waals surface area contributed by atoms with Crippen LogP contribution in [0.1, 0.15) is 19.4 Å². The Balaban J connectivity index is 2.27. The van der Waals surface area contributed by atoms with Gasteiger partial charge in [-0.1, -0.05) is 56.3 Å². The molecule has 0 saturated carbocycles. The minimum absolute atomic E-state index is 0.168. The van der Waals surface area contributed by atoms with Gasteiger partial charge in [-0.2, -0.15) is 0 Å². The molecule has 21 heavy (non-hydrogen) atoms. The first kappa shape index (κ1) is 15.0. The highest BCUT2D eigenvalue weighted by Gasteiger charge is 2.20. The zero-order chi connectivity index (χ0) is 15.4. The summed E-state index contributed by atoms with van der Waals surface area (Å²) >= 11 is 0. The van der Waals surface area contributed by atoms with E-state index in [-0.39, 0.29) is 11.8 Å². The van der Waals surface area contributed by atoms with Crippen LogP contribution < -0.4 is 11.1 Å². The van der Waals surface area contributed by atoms with E-state index in [0.717, 1.165) is 16.3 Å². The summed E-state index contributed by atoms with van der Waals surface area (Å²) in [5, 5.41) is 4.89. The standard InChI is InChI=1S/C17H20N2O2/c1-11(2)17(21)19-15(16(18)20)10-13-8-5-7-12-6-3-4-9-14(12)13/h3-9,11,15H,10H2,1-2H3,(H2,18,20)(H,19,21)/t15-/m0/s1. The van der Waals surface area contributed by atoms with E-state index >= 15 is 0 Å². The zero-order valence-corrected chi connectivity index (χ0v) is 12.3. The van der Waals surface area contributed by atoms with E-state index in [4.69, 9.17) is 5.73 Å². The molecular formula is C17H20N2O2. The average molecular weight is 284 g/mol. The van der Waals surface area contributed by atoms with Gasteiger partial charge in [-0.05, 0) is 16.3 Å². The fraction of sp³-hybridized carbons (Fsp3) is 0.294. The first-order chi connectivity index (χ1) is 9.99. The molecule has 0 aliphatic rings. The molecule has 3 N–H and O–H groups in total. The molecule has 2 aromatic carbocycles. The molecule has 0 radical (unpaired) electrons. The fourth-order valence-corrected chi connectivity index (χ4v) is 2.25. The van der Waals surface area contributed by atoms with Gasteiger partial charge >= 0.3 is 0 Å². The van der Waals surface area contributed by atoms with Gasteiger partial charge in [-0.25, -0.2) is 0 Å². The van der Waals surface area contributed by atoms with Gasteiger partial charge < -0.3 is 11.1 Å². The highest BCUT2D eigenvalue weighted by atomic mass is 16.2. The maximum Gasteiger partial charge on any atom is 0.240 e. The van der Waals surface area contributed by atoms with E-state index in [1.165, 1.54) is 0 Å². The van der Waals surface area contributed by atoms with Crippen LogP contribution in [0.5, 0.6) is 0 Å². The Morgan fingerprint density at radius 1 is 1.10 bits per heavy atom. The maximum atomic E-state index is 11.8. The number of carbonyl (C=O) groups excluding carboxylic acids is 2. The molecule has 4 nitrogen and oxygen atoms in total. The predicted octanol–water partition coefficient (Wildman–Crippen LogP) is 2.01. The van der Waals surface area contributed by atoms with Crippen LogP contribution in [0, 0.1) is 5.92 Å².